The number of fused-ring (bicyclic) bond motifs is 2. The smallest absolute Gasteiger partial charge is 0.0574 e. The van der Waals surface area contributed by atoms with Crippen LogP contribution in [0, 0.1) is 23.7 Å². The summed E-state index contributed by atoms with van der Waals surface area (Å²) in [7, 11) is 1.91. The molecule has 0 spiro atoms. The van der Waals surface area contributed by atoms with E-state index in [9.17, 15) is 0 Å². The van der Waals surface area contributed by atoms with Crippen LogP contribution in [0.5, 0.6) is 0 Å². The van der Waals surface area contributed by atoms with Crippen LogP contribution in [-0.4, -0.2) is 13.2 Å². The number of hydrogen-bond acceptors (Lipinski definition) is 1. The molecule has 1 aromatic rings. The van der Waals surface area contributed by atoms with Gasteiger partial charge in [-0.15, -0.1) is 0 Å². The normalized spacial score (nSPS) is 33.3. The number of rotatable bonds is 6. The fourth-order valence-electron chi connectivity index (χ4n) is 6.50. The van der Waals surface area contributed by atoms with Crippen LogP contribution in [0.1, 0.15) is 87.8 Å². The minimum Gasteiger partial charge on any atom is -0.381 e. The molecule has 27 heavy (non-hydrogen) atoms. The molecule has 0 heterocycles. The molecule has 2 saturated carbocycles. The summed E-state index contributed by atoms with van der Waals surface area (Å²) in [6.45, 7) is 2.30. The topological polar surface area (TPSA) is 9.23 Å². The van der Waals surface area contributed by atoms with E-state index in [-0.39, 0.29) is 0 Å². The van der Waals surface area contributed by atoms with E-state index in [1.54, 1.807) is 16.7 Å². The molecule has 0 aromatic heterocycles. The minimum absolute atomic E-state index is 0.552. The van der Waals surface area contributed by atoms with E-state index in [1.165, 1.54) is 83.5 Å². The van der Waals surface area contributed by atoms with Crippen molar-refractivity contribution >= 4 is 0 Å². The molecule has 0 aliphatic heterocycles. The average molecular weight is 369 g/mol. The van der Waals surface area contributed by atoms with Crippen LogP contribution >= 0.6 is 0 Å². The predicted octanol–water partition coefficient (Wildman–Crippen LogP) is 6.76. The first-order valence-corrected chi connectivity index (χ1v) is 11.9. The third kappa shape index (κ3) is 4.61. The maximum absolute atomic E-state index is 5.66. The van der Waals surface area contributed by atoms with Crippen molar-refractivity contribution in [2.45, 2.75) is 96.5 Å². The molecule has 150 valence electrons. The van der Waals surface area contributed by atoms with E-state index in [2.05, 4.69) is 25.1 Å². The Morgan fingerprint density at radius 3 is 2.44 bits per heavy atom. The van der Waals surface area contributed by atoms with Crippen molar-refractivity contribution in [3.8, 4) is 0 Å². The van der Waals surface area contributed by atoms with Crippen molar-refractivity contribution in [3.05, 3.63) is 34.9 Å². The van der Waals surface area contributed by atoms with Crippen molar-refractivity contribution in [3.63, 3.8) is 0 Å². The molecule has 5 atom stereocenters. The first-order valence-electron chi connectivity index (χ1n) is 11.9. The Labute approximate surface area is 167 Å². The SMILES string of the molecule is CCCCCc1ccc2c(c1)CCC(C1CCC3CC(OC)CCC3C1)C2. The summed E-state index contributed by atoms with van der Waals surface area (Å²) in [5.74, 6) is 3.89. The Morgan fingerprint density at radius 1 is 0.852 bits per heavy atom. The van der Waals surface area contributed by atoms with Crippen molar-refractivity contribution in [1.29, 1.82) is 0 Å². The molecule has 1 nitrogen and oxygen atoms in total. The molecule has 0 bridgehead atoms. The highest BCUT2D eigenvalue weighted by Gasteiger charge is 2.38. The van der Waals surface area contributed by atoms with E-state index in [0.29, 0.717) is 6.10 Å². The zero-order valence-electron chi connectivity index (χ0n) is 17.7. The van der Waals surface area contributed by atoms with Crippen molar-refractivity contribution in [2.75, 3.05) is 7.11 Å². The summed E-state index contributed by atoms with van der Waals surface area (Å²) in [5, 5.41) is 0. The fraction of sp³-hybridized carbons (Fsp3) is 0.769. The molecule has 0 amide bonds. The van der Waals surface area contributed by atoms with Crippen LogP contribution in [-0.2, 0) is 24.0 Å². The van der Waals surface area contributed by atoms with Gasteiger partial charge in [0.25, 0.3) is 0 Å². The highest BCUT2D eigenvalue weighted by Crippen LogP contribution is 2.47. The number of hydrogen-bond donors (Lipinski definition) is 0. The van der Waals surface area contributed by atoms with Crippen molar-refractivity contribution < 1.29 is 4.74 Å². The van der Waals surface area contributed by atoms with Gasteiger partial charge in [0.1, 0.15) is 0 Å². The number of ether oxygens (including phenoxy) is 1. The molecule has 0 radical (unpaired) electrons. The molecule has 5 unspecified atom stereocenters. The molecule has 1 heteroatoms. The van der Waals surface area contributed by atoms with Gasteiger partial charge >= 0.3 is 0 Å². The van der Waals surface area contributed by atoms with Crippen LogP contribution < -0.4 is 0 Å². The Bertz CT molecular complexity index is 606. The average Bonchev–Trinajstić information content (AvgIpc) is 2.72. The number of methoxy groups -OCH3 is 1. The maximum Gasteiger partial charge on any atom is 0.0574 e. The molecule has 3 aliphatic carbocycles. The fourth-order valence-corrected chi connectivity index (χ4v) is 6.50. The second kappa shape index (κ2) is 9.12. The van der Waals surface area contributed by atoms with Crippen LogP contribution in [0.15, 0.2) is 18.2 Å². The first kappa shape index (κ1) is 19.5. The number of aryl methyl sites for hydroxylation is 2. The maximum atomic E-state index is 5.66. The van der Waals surface area contributed by atoms with Crippen molar-refractivity contribution in [2.24, 2.45) is 23.7 Å². The summed E-state index contributed by atoms with van der Waals surface area (Å²) in [6.07, 6.45) is 18.5. The lowest BCUT2D eigenvalue weighted by atomic mass is 9.62. The summed E-state index contributed by atoms with van der Waals surface area (Å²) >= 11 is 0. The third-order valence-electron chi connectivity index (χ3n) is 8.21. The monoisotopic (exact) mass is 368 g/mol. The molecular weight excluding hydrogens is 328 g/mol. The van der Waals surface area contributed by atoms with Crippen LogP contribution in [0.25, 0.3) is 0 Å². The molecular formula is C26H40O. The Kier molecular flexibility index (Phi) is 6.58. The van der Waals surface area contributed by atoms with E-state index >= 15 is 0 Å². The molecule has 1 aromatic carbocycles. The third-order valence-corrected chi connectivity index (χ3v) is 8.21. The lowest BCUT2D eigenvalue weighted by molar-refractivity contribution is -0.000899. The zero-order chi connectivity index (χ0) is 18.6. The van der Waals surface area contributed by atoms with Gasteiger partial charge in [-0.1, -0.05) is 38.0 Å². The summed E-state index contributed by atoms with van der Waals surface area (Å²) in [4.78, 5) is 0. The van der Waals surface area contributed by atoms with E-state index in [4.69, 9.17) is 4.74 Å². The van der Waals surface area contributed by atoms with Gasteiger partial charge in [-0.05, 0) is 111 Å². The van der Waals surface area contributed by atoms with Gasteiger partial charge in [0, 0.05) is 7.11 Å². The standard InChI is InChI=1S/C26H40O/c1-3-4-5-6-19-7-8-21-16-22(10-9-20(21)15-19)23-11-12-25-18-26(27-2)14-13-24(25)17-23/h7-8,15,22-26H,3-6,9-14,16-18H2,1-2H3. The van der Waals surface area contributed by atoms with Gasteiger partial charge in [0.2, 0.25) is 0 Å². The van der Waals surface area contributed by atoms with E-state index in [1.807, 2.05) is 7.11 Å². The molecule has 0 saturated heterocycles. The molecule has 3 aliphatic rings. The largest absolute Gasteiger partial charge is 0.381 e. The quantitative estimate of drug-likeness (QED) is 0.504. The Hall–Kier alpha value is -0.820. The molecule has 0 N–H and O–H groups in total. The van der Waals surface area contributed by atoms with Crippen LogP contribution in [0.2, 0.25) is 0 Å². The number of unbranched alkanes of at least 4 members (excludes halogenated alkanes) is 2. The van der Waals surface area contributed by atoms with Gasteiger partial charge in [-0.2, -0.15) is 0 Å². The summed E-state index contributed by atoms with van der Waals surface area (Å²) in [5.41, 5.74) is 4.93. The minimum atomic E-state index is 0.552. The predicted molar refractivity (Wildman–Crippen MR) is 114 cm³/mol. The van der Waals surface area contributed by atoms with E-state index in [0.717, 1.165) is 23.7 Å². The first-order chi connectivity index (χ1) is 13.3. The lowest BCUT2D eigenvalue weighted by Gasteiger charge is -2.44. The number of benzene rings is 1. The Morgan fingerprint density at radius 2 is 1.63 bits per heavy atom. The van der Waals surface area contributed by atoms with Gasteiger partial charge in [0.05, 0.1) is 6.10 Å². The van der Waals surface area contributed by atoms with Crippen LogP contribution in [0.4, 0.5) is 0 Å². The van der Waals surface area contributed by atoms with Gasteiger partial charge in [-0.3, -0.25) is 0 Å². The zero-order valence-corrected chi connectivity index (χ0v) is 17.7. The highest BCUT2D eigenvalue weighted by molar-refractivity contribution is 5.34. The lowest BCUT2D eigenvalue weighted by Crippen LogP contribution is -2.36. The van der Waals surface area contributed by atoms with Gasteiger partial charge in [-0.25, -0.2) is 0 Å². The second-order valence-corrected chi connectivity index (χ2v) is 9.83. The summed E-state index contributed by atoms with van der Waals surface area (Å²) < 4.78 is 5.66. The molecule has 2 fully saturated rings. The second-order valence-electron chi connectivity index (χ2n) is 9.83. The van der Waals surface area contributed by atoms with Crippen molar-refractivity contribution in [1.82, 2.24) is 0 Å². The van der Waals surface area contributed by atoms with Gasteiger partial charge in [0.15, 0.2) is 0 Å². The van der Waals surface area contributed by atoms with E-state index < -0.39 is 0 Å². The van der Waals surface area contributed by atoms with Crippen LogP contribution in [0.3, 0.4) is 0 Å². The Balaban J connectivity index is 1.33. The highest BCUT2D eigenvalue weighted by atomic mass is 16.5. The molecule has 4 rings (SSSR count). The van der Waals surface area contributed by atoms with Gasteiger partial charge < -0.3 is 4.74 Å². The summed E-state index contributed by atoms with van der Waals surface area (Å²) in [6, 6.07) is 7.46.